The summed E-state index contributed by atoms with van der Waals surface area (Å²) in [5, 5.41) is 5.54. The van der Waals surface area contributed by atoms with Gasteiger partial charge in [0, 0.05) is 16.7 Å². The van der Waals surface area contributed by atoms with Gasteiger partial charge in [0.25, 0.3) is 5.91 Å². The maximum atomic E-state index is 12.0. The number of rotatable bonds is 8. The third-order valence-corrected chi connectivity index (χ3v) is 4.13. The molecule has 0 heterocycles. The Morgan fingerprint density at radius 3 is 2.33 bits per heavy atom. The van der Waals surface area contributed by atoms with Crippen molar-refractivity contribution >= 4 is 34.4 Å². The first-order valence-electron chi connectivity index (χ1n) is 7.64. The number of carbonyl (C=O) groups is 2. The zero-order chi connectivity index (χ0) is 17.2. The minimum absolute atomic E-state index is 0.102. The van der Waals surface area contributed by atoms with E-state index in [2.05, 4.69) is 33.2 Å². The van der Waals surface area contributed by atoms with Gasteiger partial charge in [-0.15, -0.1) is 0 Å². The summed E-state index contributed by atoms with van der Waals surface area (Å²) in [5.74, 6) is 0.506. The van der Waals surface area contributed by atoms with Crippen LogP contribution >= 0.6 is 22.6 Å². The van der Waals surface area contributed by atoms with Crippen LogP contribution < -0.4 is 15.4 Å². The first-order valence-corrected chi connectivity index (χ1v) is 8.72. The second kappa shape index (κ2) is 9.92. The molecule has 0 aliphatic rings. The molecule has 2 amide bonds. The predicted octanol–water partition coefficient (Wildman–Crippen LogP) is 2.61. The zero-order valence-electron chi connectivity index (χ0n) is 13.1. The van der Waals surface area contributed by atoms with Crippen molar-refractivity contribution in [1.29, 1.82) is 0 Å². The number of carbonyl (C=O) groups excluding carboxylic acids is 2. The average Bonchev–Trinajstić information content (AvgIpc) is 2.60. The SMILES string of the molecule is O=C(CCOc1ccccc1)NCCNC(=O)c1ccccc1I. The molecule has 0 fully saturated rings. The highest BCUT2D eigenvalue weighted by atomic mass is 127. The largest absolute Gasteiger partial charge is 0.493 e. The van der Waals surface area contributed by atoms with Crippen LogP contribution in [0.5, 0.6) is 5.75 Å². The molecule has 24 heavy (non-hydrogen) atoms. The number of benzene rings is 2. The summed E-state index contributed by atoms with van der Waals surface area (Å²) in [5.41, 5.74) is 0.640. The van der Waals surface area contributed by atoms with E-state index in [-0.39, 0.29) is 18.2 Å². The van der Waals surface area contributed by atoms with E-state index < -0.39 is 0 Å². The van der Waals surface area contributed by atoms with E-state index in [1.165, 1.54) is 0 Å². The molecule has 126 valence electrons. The Morgan fingerprint density at radius 2 is 1.58 bits per heavy atom. The van der Waals surface area contributed by atoms with Crippen molar-refractivity contribution in [2.75, 3.05) is 19.7 Å². The van der Waals surface area contributed by atoms with Crippen molar-refractivity contribution in [1.82, 2.24) is 10.6 Å². The summed E-state index contributed by atoms with van der Waals surface area (Å²) in [6.45, 7) is 1.10. The van der Waals surface area contributed by atoms with Crippen LogP contribution in [0.4, 0.5) is 0 Å². The molecule has 0 unspecified atom stereocenters. The third kappa shape index (κ3) is 6.19. The first kappa shape index (κ1) is 18.3. The molecule has 2 N–H and O–H groups in total. The molecule has 6 heteroatoms. The summed E-state index contributed by atoms with van der Waals surface area (Å²) >= 11 is 2.12. The summed E-state index contributed by atoms with van der Waals surface area (Å²) in [4.78, 5) is 23.7. The maximum absolute atomic E-state index is 12.0. The zero-order valence-corrected chi connectivity index (χ0v) is 15.3. The Balaban J connectivity index is 1.59. The molecule has 0 saturated heterocycles. The van der Waals surface area contributed by atoms with Gasteiger partial charge in [-0.05, 0) is 46.9 Å². The molecule has 0 aliphatic carbocycles. The number of amides is 2. The Kier molecular flexibility index (Phi) is 7.54. The molecular weight excluding hydrogens is 419 g/mol. The second-order valence-corrected chi connectivity index (χ2v) is 6.16. The second-order valence-electron chi connectivity index (χ2n) is 5.00. The normalized spacial score (nSPS) is 10.0. The van der Waals surface area contributed by atoms with Gasteiger partial charge in [0.1, 0.15) is 5.75 Å². The first-order chi connectivity index (χ1) is 11.7. The van der Waals surface area contributed by atoms with Gasteiger partial charge in [-0.3, -0.25) is 9.59 Å². The van der Waals surface area contributed by atoms with Gasteiger partial charge in [0.05, 0.1) is 18.6 Å². The van der Waals surface area contributed by atoms with Crippen LogP contribution in [0.2, 0.25) is 0 Å². The minimum Gasteiger partial charge on any atom is -0.493 e. The maximum Gasteiger partial charge on any atom is 0.252 e. The molecule has 0 bridgehead atoms. The molecule has 2 rings (SSSR count). The van der Waals surface area contributed by atoms with Crippen LogP contribution in [0.1, 0.15) is 16.8 Å². The van der Waals surface area contributed by atoms with E-state index in [4.69, 9.17) is 4.74 Å². The molecular formula is C18H19IN2O3. The molecule has 2 aromatic carbocycles. The summed E-state index contributed by atoms with van der Waals surface area (Å²) < 4.78 is 6.36. The van der Waals surface area contributed by atoms with Crippen molar-refractivity contribution < 1.29 is 14.3 Å². The lowest BCUT2D eigenvalue weighted by Crippen LogP contribution is -2.35. The highest BCUT2D eigenvalue weighted by Crippen LogP contribution is 2.10. The van der Waals surface area contributed by atoms with E-state index >= 15 is 0 Å². The molecule has 2 aromatic rings. The van der Waals surface area contributed by atoms with Crippen LogP contribution in [-0.2, 0) is 4.79 Å². The van der Waals surface area contributed by atoms with E-state index in [0.29, 0.717) is 25.3 Å². The van der Waals surface area contributed by atoms with Crippen molar-refractivity contribution in [2.45, 2.75) is 6.42 Å². The lowest BCUT2D eigenvalue weighted by Gasteiger charge is -2.09. The van der Waals surface area contributed by atoms with E-state index in [1.807, 2.05) is 48.5 Å². The number of nitrogens with one attached hydrogen (secondary N) is 2. The fourth-order valence-corrected chi connectivity index (χ4v) is 2.62. The number of hydrogen-bond acceptors (Lipinski definition) is 3. The minimum atomic E-state index is -0.137. The fourth-order valence-electron chi connectivity index (χ4n) is 1.99. The molecule has 0 radical (unpaired) electrons. The lowest BCUT2D eigenvalue weighted by molar-refractivity contribution is -0.121. The monoisotopic (exact) mass is 438 g/mol. The quantitative estimate of drug-likeness (QED) is 0.492. The van der Waals surface area contributed by atoms with Gasteiger partial charge in [-0.2, -0.15) is 0 Å². The highest BCUT2D eigenvalue weighted by Gasteiger charge is 2.08. The summed E-state index contributed by atoms with van der Waals surface area (Å²) in [6, 6.07) is 16.7. The van der Waals surface area contributed by atoms with Crippen LogP contribution in [0.25, 0.3) is 0 Å². The van der Waals surface area contributed by atoms with E-state index in [1.54, 1.807) is 6.07 Å². The van der Waals surface area contributed by atoms with Crippen molar-refractivity contribution in [3.05, 3.63) is 63.7 Å². The highest BCUT2D eigenvalue weighted by molar-refractivity contribution is 14.1. The molecule has 0 aromatic heterocycles. The van der Waals surface area contributed by atoms with E-state index in [0.717, 1.165) is 9.32 Å². The van der Waals surface area contributed by atoms with Crippen molar-refractivity contribution in [3.63, 3.8) is 0 Å². The van der Waals surface area contributed by atoms with Crippen molar-refractivity contribution in [3.8, 4) is 5.75 Å². The molecule has 0 aliphatic heterocycles. The molecule has 5 nitrogen and oxygen atoms in total. The van der Waals surface area contributed by atoms with Crippen LogP contribution in [0.15, 0.2) is 54.6 Å². The topological polar surface area (TPSA) is 67.4 Å². The predicted molar refractivity (Wildman–Crippen MR) is 101 cm³/mol. The van der Waals surface area contributed by atoms with Gasteiger partial charge in [-0.1, -0.05) is 30.3 Å². The standard InChI is InChI=1S/C18H19IN2O3/c19-16-9-5-4-8-15(16)18(23)21-12-11-20-17(22)10-13-24-14-6-2-1-3-7-14/h1-9H,10-13H2,(H,20,22)(H,21,23). The van der Waals surface area contributed by atoms with E-state index in [9.17, 15) is 9.59 Å². The Labute approximate surface area is 154 Å². The van der Waals surface area contributed by atoms with Crippen LogP contribution in [-0.4, -0.2) is 31.5 Å². The average molecular weight is 438 g/mol. The molecule has 0 spiro atoms. The van der Waals surface area contributed by atoms with Crippen LogP contribution in [0, 0.1) is 3.57 Å². The smallest absolute Gasteiger partial charge is 0.252 e. The van der Waals surface area contributed by atoms with Gasteiger partial charge in [0.2, 0.25) is 5.91 Å². The Hall–Kier alpha value is -2.09. The van der Waals surface area contributed by atoms with Crippen molar-refractivity contribution in [2.24, 2.45) is 0 Å². The Morgan fingerprint density at radius 1 is 0.917 bits per heavy atom. The Bertz CT molecular complexity index is 677. The summed E-state index contributed by atoms with van der Waals surface area (Å²) in [7, 11) is 0. The molecule has 0 atom stereocenters. The van der Waals surface area contributed by atoms with Gasteiger partial charge >= 0.3 is 0 Å². The van der Waals surface area contributed by atoms with Crippen LogP contribution in [0.3, 0.4) is 0 Å². The fraction of sp³-hybridized carbons (Fsp3) is 0.222. The third-order valence-electron chi connectivity index (χ3n) is 3.19. The number of para-hydroxylation sites is 1. The summed E-state index contributed by atoms with van der Waals surface area (Å²) in [6.07, 6.45) is 0.277. The molecule has 0 saturated carbocycles. The van der Waals surface area contributed by atoms with Gasteiger partial charge in [-0.25, -0.2) is 0 Å². The lowest BCUT2D eigenvalue weighted by atomic mass is 10.2. The number of halogens is 1. The van der Waals surface area contributed by atoms with Gasteiger partial charge in [0.15, 0.2) is 0 Å². The number of hydrogen-bond donors (Lipinski definition) is 2. The number of ether oxygens (including phenoxy) is 1. The van der Waals surface area contributed by atoms with Gasteiger partial charge < -0.3 is 15.4 Å².